The molecule has 0 aromatic carbocycles. The molecule has 2 rings (SSSR count). The van der Waals surface area contributed by atoms with Crippen LogP contribution in [0.25, 0.3) is 6.08 Å². The van der Waals surface area contributed by atoms with Crippen LogP contribution in [-0.2, 0) is 0 Å². The Morgan fingerprint density at radius 2 is 2.12 bits per heavy atom. The van der Waals surface area contributed by atoms with Gasteiger partial charge < -0.3 is 5.11 Å². The van der Waals surface area contributed by atoms with Crippen LogP contribution in [0.15, 0.2) is 17.7 Å². The second-order valence-corrected chi connectivity index (χ2v) is 6.10. The molecule has 0 bridgehead atoms. The average molecular weight is 257 g/mol. The molecule has 0 amide bonds. The summed E-state index contributed by atoms with van der Waals surface area (Å²) in [7, 11) is 0. The average Bonchev–Trinajstić information content (AvgIpc) is 2.73. The van der Waals surface area contributed by atoms with Crippen molar-refractivity contribution in [2.45, 2.75) is 32.1 Å². The summed E-state index contributed by atoms with van der Waals surface area (Å²) in [5.74, 6) is 0.583. The lowest BCUT2D eigenvalue weighted by atomic mass is 9.84. The summed E-state index contributed by atoms with van der Waals surface area (Å²) in [5.41, 5.74) is 1.18. The third-order valence-electron chi connectivity index (χ3n) is 3.23. The Kier molecular flexibility index (Phi) is 4.45. The van der Waals surface area contributed by atoms with E-state index < -0.39 is 0 Å². The highest BCUT2D eigenvalue weighted by Gasteiger charge is 2.17. The van der Waals surface area contributed by atoms with Crippen LogP contribution in [0.3, 0.4) is 0 Å². The van der Waals surface area contributed by atoms with E-state index in [9.17, 15) is 5.11 Å². The zero-order chi connectivity index (χ0) is 11.4. The molecule has 1 saturated carbocycles. The summed E-state index contributed by atoms with van der Waals surface area (Å²) in [6.45, 7) is 0.181. The monoisotopic (exact) mass is 256 g/mol. The molecular formula is C13H17ClOS. The van der Waals surface area contributed by atoms with Crippen molar-refractivity contribution in [1.82, 2.24) is 0 Å². The molecule has 1 aromatic heterocycles. The number of halogens is 1. The summed E-state index contributed by atoms with van der Waals surface area (Å²) in [4.78, 5) is 1.15. The van der Waals surface area contributed by atoms with Crippen molar-refractivity contribution in [3.63, 3.8) is 0 Å². The number of rotatable bonds is 3. The summed E-state index contributed by atoms with van der Waals surface area (Å²) in [6.07, 6.45) is 8.52. The molecule has 0 spiro atoms. The SMILES string of the molecule is OCC(=Cc1ccc(Cl)s1)C1CCCCC1. The fraction of sp³-hybridized carbons (Fsp3) is 0.538. The molecule has 3 heteroatoms. The van der Waals surface area contributed by atoms with Gasteiger partial charge in [0.15, 0.2) is 0 Å². The number of aliphatic hydroxyl groups is 1. The molecule has 1 nitrogen and oxygen atoms in total. The van der Waals surface area contributed by atoms with Crippen molar-refractivity contribution in [1.29, 1.82) is 0 Å². The van der Waals surface area contributed by atoms with Crippen LogP contribution in [-0.4, -0.2) is 11.7 Å². The topological polar surface area (TPSA) is 20.2 Å². The molecule has 1 N–H and O–H groups in total. The van der Waals surface area contributed by atoms with Gasteiger partial charge in [0.05, 0.1) is 10.9 Å². The first-order valence-electron chi connectivity index (χ1n) is 5.86. The first kappa shape index (κ1) is 12.2. The van der Waals surface area contributed by atoms with Gasteiger partial charge in [0, 0.05) is 4.88 Å². The molecule has 0 aliphatic heterocycles. The lowest BCUT2D eigenvalue weighted by Gasteiger charge is -2.23. The van der Waals surface area contributed by atoms with Crippen molar-refractivity contribution in [2.24, 2.45) is 5.92 Å². The third kappa shape index (κ3) is 3.09. The maximum atomic E-state index is 9.45. The normalized spacial score (nSPS) is 19.0. The van der Waals surface area contributed by atoms with Gasteiger partial charge in [-0.3, -0.25) is 0 Å². The van der Waals surface area contributed by atoms with E-state index >= 15 is 0 Å². The quantitative estimate of drug-likeness (QED) is 0.852. The number of thiophene rings is 1. The fourth-order valence-electron chi connectivity index (χ4n) is 2.35. The predicted octanol–water partition coefficient (Wildman–Crippen LogP) is 4.36. The second kappa shape index (κ2) is 5.85. The minimum Gasteiger partial charge on any atom is -0.392 e. The van der Waals surface area contributed by atoms with E-state index in [0.717, 1.165) is 9.21 Å². The summed E-state index contributed by atoms with van der Waals surface area (Å²) in [6, 6.07) is 3.93. The van der Waals surface area contributed by atoms with Gasteiger partial charge in [-0.25, -0.2) is 0 Å². The van der Waals surface area contributed by atoms with Crippen molar-refractivity contribution >= 4 is 29.0 Å². The van der Waals surface area contributed by atoms with Gasteiger partial charge in [0.1, 0.15) is 0 Å². The molecule has 1 aliphatic carbocycles. The lowest BCUT2D eigenvalue weighted by Crippen LogP contribution is -2.11. The van der Waals surface area contributed by atoms with Crippen molar-refractivity contribution in [3.8, 4) is 0 Å². The first-order valence-corrected chi connectivity index (χ1v) is 7.05. The smallest absolute Gasteiger partial charge is 0.0934 e. The molecule has 1 aromatic rings. The molecule has 0 atom stereocenters. The van der Waals surface area contributed by atoms with Crippen LogP contribution >= 0.6 is 22.9 Å². The minimum absolute atomic E-state index is 0.181. The van der Waals surface area contributed by atoms with E-state index in [4.69, 9.17) is 11.6 Å². The summed E-state index contributed by atoms with van der Waals surface area (Å²) in [5, 5.41) is 9.45. The molecule has 1 aliphatic rings. The Bertz CT molecular complexity index is 364. The molecule has 1 fully saturated rings. The number of hydrogen-bond acceptors (Lipinski definition) is 2. The Morgan fingerprint density at radius 3 is 2.69 bits per heavy atom. The van der Waals surface area contributed by atoms with Gasteiger partial charge in [-0.1, -0.05) is 30.9 Å². The van der Waals surface area contributed by atoms with Crippen molar-refractivity contribution < 1.29 is 5.11 Å². The van der Waals surface area contributed by atoms with Crippen molar-refractivity contribution in [2.75, 3.05) is 6.61 Å². The van der Waals surface area contributed by atoms with Gasteiger partial charge in [-0.2, -0.15) is 0 Å². The van der Waals surface area contributed by atoms with Gasteiger partial charge in [-0.05, 0) is 42.5 Å². The van der Waals surface area contributed by atoms with Crippen LogP contribution in [0.4, 0.5) is 0 Å². The lowest BCUT2D eigenvalue weighted by molar-refractivity contribution is 0.295. The molecule has 0 unspecified atom stereocenters. The Balaban J connectivity index is 2.11. The Labute approximate surface area is 106 Å². The molecule has 0 radical (unpaired) electrons. The van der Waals surface area contributed by atoms with E-state index in [2.05, 4.69) is 6.08 Å². The van der Waals surface area contributed by atoms with Gasteiger partial charge >= 0.3 is 0 Å². The zero-order valence-corrected chi connectivity index (χ0v) is 10.9. The Morgan fingerprint density at radius 1 is 1.38 bits per heavy atom. The standard InChI is InChI=1S/C13H17ClOS/c14-13-7-6-12(16-13)8-11(9-15)10-4-2-1-3-5-10/h6-8,10,15H,1-5,9H2. The van der Waals surface area contributed by atoms with Gasteiger partial charge in [0.2, 0.25) is 0 Å². The van der Waals surface area contributed by atoms with Crippen molar-refractivity contribution in [3.05, 3.63) is 26.9 Å². The van der Waals surface area contributed by atoms with Gasteiger partial charge in [0.25, 0.3) is 0 Å². The van der Waals surface area contributed by atoms with E-state index in [0.29, 0.717) is 5.92 Å². The number of aliphatic hydroxyl groups excluding tert-OH is 1. The van der Waals surface area contributed by atoms with E-state index in [1.54, 1.807) is 11.3 Å². The maximum Gasteiger partial charge on any atom is 0.0934 e. The first-order chi connectivity index (χ1) is 7.79. The minimum atomic E-state index is 0.181. The van der Waals surface area contributed by atoms with Crippen LogP contribution < -0.4 is 0 Å². The third-order valence-corrected chi connectivity index (χ3v) is 4.41. The maximum absolute atomic E-state index is 9.45. The fourth-order valence-corrected chi connectivity index (χ4v) is 3.39. The van der Waals surface area contributed by atoms with Crippen LogP contribution in [0.1, 0.15) is 37.0 Å². The molecule has 88 valence electrons. The van der Waals surface area contributed by atoms with E-state index in [-0.39, 0.29) is 6.61 Å². The van der Waals surface area contributed by atoms with E-state index in [1.165, 1.54) is 37.7 Å². The molecule has 1 heterocycles. The largest absolute Gasteiger partial charge is 0.392 e. The molecule has 0 saturated heterocycles. The summed E-state index contributed by atoms with van der Waals surface area (Å²) >= 11 is 7.47. The highest BCUT2D eigenvalue weighted by Crippen LogP contribution is 2.32. The molecule has 16 heavy (non-hydrogen) atoms. The summed E-state index contributed by atoms with van der Waals surface area (Å²) < 4.78 is 0.812. The predicted molar refractivity (Wildman–Crippen MR) is 71.0 cm³/mol. The molecular weight excluding hydrogens is 240 g/mol. The number of hydrogen-bond donors (Lipinski definition) is 1. The van der Waals surface area contributed by atoms with Crippen LogP contribution in [0.2, 0.25) is 4.34 Å². The van der Waals surface area contributed by atoms with Gasteiger partial charge in [-0.15, -0.1) is 11.3 Å². The second-order valence-electron chi connectivity index (χ2n) is 4.35. The van der Waals surface area contributed by atoms with Crippen LogP contribution in [0.5, 0.6) is 0 Å². The Hall–Kier alpha value is -0.310. The highest BCUT2D eigenvalue weighted by atomic mass is 35.5. The van der Waals surface area contributed by atoms with Crippen LogP contribution in [0, 0.1) is 5.92 Å². The van der Waals surface area contributed by atoms with E-state index in [1.807, 2.05) is 12.1 Å². The zero-order valence-electron chi connectivity index (χ0n) is 9.29. The highest BCUT2D eigenvalue weighted by molar-refractivity contribution is 7.17.